The van der Waals surface area contributed by atoms with Crippen molar-refractivity contribution in [1.29, 1.82) is 0 Å². The third kappa shape index (κ3) is 2.20. The van der Waals surface area contributed by atoms with Crippen molar-refractivity contribution in [2.24, 2.45) is 5.14 Å². The molecule has 6 nitrogen and oxygen atoms in total. The lowest BCUT2D eigenvalue weighted by Crippen LogP contribution is -2.13. The Morgan fingerprint density at radius 2 is 1.69 bits per heavy atom. The maximum atomic E-state index is 11.0. The molecule has 2 N–H and O–H groups in total. The second-order valence-electron chi connectivity index (χ2n) is 3.06. The highest BCUT2D eigenvalue weighted by molar-refractivity contribution is 7.89. The molecule has 0 saturated carbocycles. The normalized spacial score (nSPS) is 11.3. The van der Waals surface area contributed by atoms with E-state index in [-0.39, 0.29) is 5.03 Å². The summed E-state index contributed by atoms with van der Waals surface area (Å²) < 4.78 is 21.9. The van der Waals surface area contributed by atoms with Gasteiger partial charge >= 0.3 is 0 Å². The fraction of sp³-hybridized carbons (Fsp3) is 0. The summed E-state index contributed by atoms with van der Waals surface area (Å²) in [5.41, 5.74) is 1.49. The monoisotopic (exact) mass is 236 g/mol. The van der Waals surface area contributed by atoms with Crippen molar-refractivity contribution < 1.29 is 8.42 Å². The molecule has 82 valence electrons. The fourth-order valence-corrected chi connectivity index (χ4v) is 1.62. The van der Waals surface area contributed by atoms with Gasteiger partial charge in [0.15, 0.2) is 5.03 Å². The van der Waals surface area contributed by atoms with Crippen LogP contribution in [0.25, 0.3) is 11.1 Å². The Hall–Kier alpha value is -1.86. The van der Waals surface area contributed by atoms with Crippen molar-refractivity contribution in [1.82, 2.24) is 15.0 Å². The van der Waals surface area contributed by atoms with Crippen molar-refractivity contribution in [3.63, 3.8) is 0 Å². The third-order valence-electron chi connectivity index (χ3n) is 1.92. The fourth-order valence-electron chi connectivity index (χ4n) is 1.17. The first-order chi connectivity index (χ1) is 7.57. The molecule has 0 unspecified atom stereocenters. The number of nitrogens with two attached hydrogens (primary N) is 1. The summed E-state index contributed by atoms with van der Waals surface area (Å²) in [5, 5.41) is 4.77. The molecule has 0 saturated heterocycles. The van der Waals surface area contributed by atoms with Gasteiger partial charge in [-0.2, -0.15) is 0 Å². The minimum atomic E-state index is -3.74. The first kappa shape index (κ1) is 10.7. The highest BCUT2D eigenvalue weighted by Crippen LogP contribution is 2.16. The smallest absolute Gasteiger partial charge is 0.244 e. The molecular weight excluding hydrogens is 228 g/mol. The molecule has 0 atom stereocenters. The average molecular weight is 236 g/mol. The molecule has 0 amide bonds. The van der Waals surface area contributed by atoms with Crippen LogP contribution in [-0.4, -0.2) is 23.4 Å². The van der Waals surface area contributed by atoms with Crippen LogP contribution in [0.4, 0.5) is 0 Å². The Morgan fingerprint density at radius 1 is 1.00 bits per heavy atom. The first-order valence-electron chi connectivity index (χ1n) is 4.31. The lowest BCUT2D eigenvalue weighted by Gasteiger charge is -2.00. The van der Waals surface area contributed by atoms with E-state index in [1.54, 1.807) is 18.5 Å². The summed E-state index contributed by atoms with van der Waals surface area (Å²) in [6.07, 6.45) is 6.05. The van der Waals surface area contributed by atoms with Gasteiger partial charge in [0.05, 0.1) is 0 Å². The van der Waals surface area contributed by atoms with E-state index in [0.29, 0.717) is 0 Å². The molecule has 0 aliphatic carbocycles. The summed E-state index contributed by atoms with van der Waals surface area (Å²) in [5.74, 6) is 0. The van der Waals surface area contributed by atoms with Crippen LogP contribution >= 0.6 is 0 Å². The maximum absolute atomic E-state index is 11.0. The molecular formula is C9H8N4O2S. The predicted molar refractivity (Wildman–Crippen MR) is 56.6 cm³/mol. The molecule has 2 rings (SSSR count). The van der Waals surface area contributed by atoms with E-state index in [1.165, 1.54) is 18.6 Å². The second kappa shape index (κ2) is 3.95. The van der Waals surface area contributed by atoms with E-state index in [1.807, 2.05) is 0 Å². The van der Waals surface area contributed by atoms with Gasteiger partial charge in [0.1, 0.15) is 6.33 Å². The van der Waals surface area contributed by atoms with Crippen LogP contribution in [0.3, 0.4) is 0 Å². The summed E-state index contributed by atoms with van der Waals surface area (Å²) in [7, 11) is -3.74. The van der Waals surface area contributed by atoms with Crippen LogP contribution in [0.15, 0.2) is 42.1 Å². The van der Waals surface area contributed by atoms with Crippen LogP contribution in [0.1, 0.15) is 0 Å². The van der Waals surface area contributed by atoms with E-state index < -0.39 is 10.0 Å². The van der Waals surface area contributed by atoms with Crippen molar-refractivity contribution in [3.05, 3.63) is 37.1 Å². The zero-order chi connectivity index (χ0) is 11.6. The van der Waals surface area contributed by atoms with Crippen molar-refractivity contribution >= 4 is 10.0 Å². The van der Waals surface area contributed by atoms with Crippen LogP contribution in [-0.2, 0) is 10.0 Å². The largest absolute Gasteiger partial charge is 0.255 e. The van der Waals surface area contributed by atoms with Crippen molar-refractivity contribution in [2.45, 2.75) is 5.03 Å². The number of hydrogen-bond donors (Lipinski definition) is 1. The minimum absolute atomic E-state index is 0.159. The van der Waals surface area contributed by atoms with Gasteiger partial charge < -0.3 is 0 Å². The Bertz CT molecular complexity index is 581. The van der Waals surface area contributed by atoms with Crippen LogP contribution in [0.2, 0.25) is 0 Å². The molecule has 0 spiro atoms. The number of aromatic nitrogens is 3. The Labute approximate surface area is 92.2 Å². The standard InChI is InChI=1S/C9H8N4O2S/c10-16(14,15)9-2-1-7(5-13-9)8-3-11-6-12-4-8/h1-6H,(H2,10,14,15). The number of nitrogens with zero attached hydrogens (tertiary/aromatic N) is 3. The van der Waals surface area contributed by atoms with Gasteiger partial charge in [-0.25, -0.2) is 28.5 Å². The molecule has 0 fully saturated rings. The van der Waals surface area contributed by atoms with Crippen LogP contribution in [0.5, 0.6) is 0 Å². The lowest BCUT2D eigenvalue weighted by atomic mass is 10.2. The van der Waals surface area contributed by atoms with Gasteiger partial charge in [-0.1, -0.05) is 0 Å². The topological polar surface area (TPSA) is 98.8 Å². The van der Waals surface area contributed by atoms with E-state index in [4.69, 9.17) is 5.14 Å². The highest BCUT2D eigenvalue weighted by Gasteiger charge is 2.09. The first-order valence-corrected chi connectivity index (χ1v) is 5.86. The van der Waals surface area contributed by atoms with Gasteiger partial charge in [-0.15, -0.1) is 0 Å². The molecule has 2 aromatic rings. The zero-order valence-electron chi connectivity index (χ0n) is 8.11. The molecule has 0 aliphatic rings. The minimum Gasteiger partial charge on any atom is -0.244 e. The number of pyridine rings is 1. The second-order valence-corrected chi connectivity index (χ2v) is 4.57. The molecule has 0 radical (unpaired) electrons. The van der Waals surface area contributed by atoms with E-state index in [0.717, 1.165) is 11.1 Å². The van der Waals surface area contributed by atoms with Gasteiger partial charge in [-0.05, 0) is 12.1 Å². The number of sulfonamides is 1. The van der Waals surface area contributed by atoms with Crippen molar-refractivity contribution in [3.8, 4) is 11.1 Å². The van der Waals surface area contributed by atoms with E-state index in [9.17, 15) is 8.42 Å². The molecule has 0 aromatic carbocycles. The Morgan fingerprint density at radius 3 is 2.19 bits per heavy atom. The molecule has 2 heterocycles. The zero-order valence-corrected chi connectivity index (χ0v) is 8.92. The summed E-state index contributed by atoms with van der Waals surface area (Å²) in [6, 6.07) is 2.95. The number of primary sulfonamides is 1. The van der Waals surface area contributed by atoms with Gasteiger partial charge in [-0.3, -0.25) is 0 Å². The van der Waals surface area contributed by atoms with E-state index >= 15 is 0 Å². The number of rotatable bonds is 2. The summed E-state index contributed by atoms with van der Waals surface area (Å²) >= 11 is 0. The van der Waals surface area contributed by atoms with Crippen LogP contribution < -0.4 is 5.14 Å². The summed E-state index contributed by atoms with van der Waals surface area (Å²) in [6.45, 7) is 0. The lowest BCUT2D eigenvalue weighted by molar-refractivity contribution is 0.594. The van der Waals surface area contributed by atoms with Gasteiger partial charge in [0.25, 0.3) is 10.0 Å². The van der Waals surface area contributed by atoms with Gasteiger partial charge in [0.2, 0.25) is 0 Å². The average Bonchev–Trinajstić information content (AvgIpc) is 2.29. The molecule has 0 bridgehead atoms. The highest BCUT2D eigenvalue weighted by atomic mass is 32.2. The van der Waals surface area contributed by atoms with Gasteiger partial charge in [0, 0.05) is 29.7 Å². The van der Waals surface area contributed by atoms with E-state index in [2.05, 4.69) is 15.0 Å². The molecule has 16 heavy (non-hydrogen) atoms. The van der Waals surface area contributed by atoms with Crippen molar-refractivity contribution in [2.75, 3.05) is 0 Å². The Kier molecular flexibility index (Phi) is 2.63. The molecule has 2 aromatic heterocycles. The van der Waals surface area contributed by atoms with Crippen LogP contribution in [0, 0.1) is 0 Å². The predicted octanol–water partition coefficient (Wildman–Crippen LogP) is 0.186. The maximum Gasteiger partial charge on any atom is 0.255 e. The third-order valence-corrected chi connectivity index (χ3v) is 2.75. The molecule has 7 heteroatoms. The quantitative estimate of drug-likeness (QED) is 0.802. The Balaban J connectivity index is 2.41. The molecule has 0 aliphatic heterocycles. The summed E-state index contributed by atoms with van der Waals surface area (Å²) in [4.78, 5) is 11.5. The number of hydrogen-bond acceptors (Lipinski definition) is 5. The SMILES string of the molecule is NS(=O)(=O)c1ccc(-c2cncnc2)cn1.